The summed E-state index contributed by atoms with van der Waals surface area (Å²) in [4.78, 5) is 0. The zero-order valence-electron chi connectivity index (χ0n) is 7.97. The summed E-state index contributed by atoms with van der Waals surface area (Å²) in [6.07, 6.45) is -2.38. The van der Waals surface area contributed by atoms with Crippen LogP contribution in [0.3, 0.4) is 0 Å². The average molecular weight is 212 g/mol. The lowest BCUT2D eigenvalue weighted by atomic mass is 10.1. The first kappa shape index (κ1) is 9.59. The average Bonchev–Trinajstić information content (AvgIpc) is 2.48. The van der Waals surface area contributed by atoms with Gasteiger partial charge >= 0.3 is 0 Å². The highest BCUT2D eigenvalue weighted by Crippen LogP contribution is 2.32. The van der Waals surface area contributed by atoms with Crippen LogP contribution in [0.1, 0.15) is 23.1 Å². The third-order valence-corrected chi connectivity index (χ3v) is 3.58. The van der Waals surface area contributed by atoms with E-state index < -0.39 is 6.43 Å². The number of hydrogen-bond donors (Lipinski definition) is 0. The summed E-state index contributed by atoms with van der Waals surface area (Å²) in [5, 5.41) is 2.97. The Morgan fingerprint density at radius 3 is 2.50 bits per heavy atom. The van der Waals surface area contributed by atoms with E-state index in [1.807, 2.05) is 19.2 Å². The molecule has 74 valence electrons. The second-order valence-corrected chi connectivity index (χ2v) is 4.31. The van der Waals surface area contributed by atoms with E-state index >= 15 is 0 Å². The Labute approximate surface area is 85.2 Å². The van der Waals surface area contributed by atoms with Gasteiger partial charge in [0.1, 0.15) is 0 Å². The highest BCUT2D eigenvalue weighted by Gasteiger charge is 2.11. The quantitative estimate of drug-likeness (QED) is 0.654. The summed E-state index contributed by atoms with van der Waals surface area (Å²) < 4.78 is 26.2. The molecule has 1 aromatic carbocycles. The summed E-state index contributed by atoms with van der Waals surface area (Å²) in [5.41, 5.74) is 2.14. The fraction of sp³-hybridized carbons (Fsp3) is 0.273. The molecule has 0 unspecified atom stereocenters. The Balaban J connectivity index is 2.75. The zero-order valence-corrected chi connectivity index (χ0v) is 8.79. The maximum absolute atomic E-state index is 12.5. The van der Waals surface area contributed by atoms with Crippen LogP contribution in [0.5, 0.6) is 0 Å². The van der Waals surface area contributed by atoms with Crippen LogP contribution >= 0.6 is 11.3 Å². The highest BCUT2D eigenvalue weighted by molar-refractivity contribution is 7.17. The number of fused-ring (bicyclic) bond motifs is 1. The number of rotatable bonds is 1. The van der Waals surface area contributed by atoms with Crippen LogP contribution in [0.15, 0.2) is 17.5 Å². The van der Waals surface area contributed by atoms with Crippen LogP contribution in [-0.2, 0) is 0 Å². The zero-order chi connectivity index (χ0) is 10.3. The first-order chi connectivity index (χ1) is 6.59. The molecule has 0 spiro atoms. The molecule has 0 N–H and O–H groups in total. The van der Waals surface area contributed by atoms with E-state index in [1.54, 1.807) is 23.5 Å². The van der Waals surface area contributed by atoms with E-state index in [0.29, 0.717) is 0 Å². The minimum absolute atomic E-state index is 0.122. The Bertz CT molecular complexity index is 471. The molecular formula is C11H10F2S. The molecule has 0 saturated heterocycles. The van der Waals surface area contributed by atoms with Crippen molar-refractivity contribution in [3.8, 4) is 0 Å². The lowest BCUT2D eigenvalue weighted by molar-refractivity contribution is 0.151. The Hall–Kier alpha value is -0.960. The molecule has 1 aromatic heterocycles. The van der Waals surface area contributed by atoms with Crippen molar-refractivity contribution in [1.29, 1.82) is 0 Å². The van der Waals surface area contributed by atoms with Crippen molar-refractivity contribution in [3.05, 3.63) is 34.2 Å². The van der Waals surface area contributed by atoms with E-state index in [2.05, 4.69) is 0 Å². The van der Waals surface area contributed by atoms with Crippen molar-refractivity contribution >= 4 is 21.4 Å². The number of alkyl halides is 2. The van der Waals surface area contributed by atoms with E-state index in [1.165, 1.54) is 0 Å². The predicted octanol–water partition coefficient (Wildman–Crippen LogP) is 4.46. The van der Waals surface area contributed by atoms with Crippen LogP contribution in [0, 0.1) is 13.8 Å². The normalized spacial score (nSPS) is 11.5. The standard InChI is InChI=1S/C11H10F2S/c1-6-3-8(11(12)13)4-9-7(2)5-14-10(6)9/h3-5,11H,1-2H3. The van der Waals surface area contributed by atoms with Crippen LogP contribution in [-0.4, -0.2) is 0 Å². The van der Waals surface area contributed by atoms with Gasteiger partial charge in [-0.2, -0.15) is 0 Å². The van der Waals surface area contributed by atoms with Gasteiger partial charge < -0.3 is 0 Å². The second kappa shape index (κ2) is 3.31. The van der Waals surface area contributed by atoms with Crippen molar-refractivity contribution in [2.24, 2.45) is 0 Å². The molecule has 3 heteroatoms. The van der Waals surface area contributed by atoms with Gasteiger partial charge in [-0.25, -0.2) is 8.78 Å². The maximum atomic E-state index is 12.5. The third kappa shape index (κ3) is 1.42. The number of benzene rings is 1. The number of aryl methyl sites for hydroxylation is 2. The molecule has 0 bridgehead atoms. The van der Waals surface area contributed by atoms with Crippen molar-refractivity contribution < 1.29 is 8.78 Å². The molecular weight excluding hydrogens is 202 g/mol. The van der Waals surface area contributed by atoms with E-state index in [4.69, 9.17) is 0 Å². The second-order valence-electron chi connectivity index (χ2n) is 3.43. The van der Waals surface area contributed by atoms with Gasteiger partial charge in [-0.05, 0) is 47.9 Å². The summed E-state index contributed by atoms with van der Waals surface area (Å²) in [5.74, 6) is 0. The van der Waals surface area contributed by atoms with E-state index in [9.17, 15) is 8.78 Å². The topological polar surface area (TPSA) is 0 Å². The third-order valence-electron chi connectivity index (χ3n) is 2.33. The molecule has 0 amide bonds. The molecule has 0 aliphatic rings. The summed E-state index contributed by atoms with van der Waals surface area (Å²) in [7, 11) is 0. The Kier molecular flexibility index (Phi) is 2.27. The summed E-state index contributed by atoms with van der Waals surface area (Å²) in [6.45, 7) is 3.83. The number of thiophene rings is 1. The van der Waals surface area contributed by atoms with Gasteiger partial charge in [0.25, 0.3) is 6.43 Å². The van der Waals surface area contributed by atoms with Gasteiger partial charge in [-0.3, -0.25) is 0 Å². The maximum Gasteiger partial charge on any atom is 0.263 e. The van der Waals surface area contributed by atoms with Crippen molar-refractivity contribution in [3.63, 3.8) is 0 Å². The Morgan fingerprint density at radius 1 is 1.14 bits per heavy atom. The fourth-order valence-corrected chi connectivity index (χ4v) is 2.60. The van der Waals surface area contributed by atoms with Gasteiger partial charge in [0.05, 0.1) is 0 Å². The smallest absolute Gasteiger partial charge is 0.205 e. The molecule has 0 fully saturated rings. The molecule has 14 heavy (non-hydrogen) atoms. The van der Waals surface area contributed by atoms with Gasteiger partial charge in [0, 0.05) is 10.3 Å². The fourth-order valence-electron chi connectivity index (χ4n) is 1.59. The van der Waals surface area contributed by atoms with Crippen LogP contribution < -0.4 is 0 Å². The molecule has 0 saturated carbocycles. The molecule has 0 radical (unpaired) electrons. The molecule has 0 atom stereocenters. The van der Waals surface area contributed by atoms with Crippen LogP contribution in [0.25, 0.3) is 10.1 Å². The highest BCUT2D eigenvalue weighted by atomic mass is 32.1. The largest absolute Gasteiger partial charge is 0.263 e. The minimum Gasteiger partial charge on any atom is -0.205 e. The summed E-state index contributed by atoms with van der Waals surface area (Å²) >= 11 is 1.62. The molecule has 2 rings (SSSR count). The van der Waals surface area contributed by atoms with E-state index in [0.717, 1.165) is 21.2 Å². The first-order valence-corrected chi connectivity index (χ1v) is 5.24. The van der Waals surface area contributed by atoms with Crippen LogP contribution in [0.4, 0.5) is 8.78 Å². The molecule has 0 aliphatic carbocycles. The lowest BCUT2D eigenvalue weighted by Gasteiger charge is -2.03. The monoisotopic (exact) mass is 212 g/mol. The number of halogens is 2. The lowest BCUT2D eigenvalue weighted by Crippen LogP contribution is -1.85. The molecule has 2 aromatic rings. The van der Waals surface area contributed by atoms with Crippen molar-refractivity contribution in [1.82, 2.24) is 0 Å². The van der Waals surface area contributed by atoms with Gasteiger partial charge in [-0.15, -0.1) is 11.3 Å². The van der Waals surface area contributed by atoms with Crippen molar-refractivity contribution in [2.45, 2.75) is 20.3 Å². The molecule has 0 nitrogen and oxygen atoms in total. The molecule has 1 heterocycles. The molecule has 0 aliphatic heterocycles. The van der Waals surface area contributed by atoms with Gasteiger partial charge in [0.2, 0.25) is 0 Å². The van der Waals surface area contributed by atoms with Crippen molar-refractivity contribution in [2.75, 3.05) is 0 Å². The van der Waals surface area contributed by atoms with Gasteiger partial charge in [0.15, 0.2) is 0 Å². The summed E-state index contributed by atoms with van der Waals surface area (Å²) in [6, 6.07) is 3.17. The van der Waals surface area contributed by atoms with E-state index in [-0.39, 0.29) is 5.56 Å². The van der Waals surface area contributed by atoms with Crippen LogP contribution in [0.2, 0.25) is 0 Å². The predicted molar refractivity (Wildman–Crippen MR) is 56.3 cm³/mol. The van der Waals surface area contributed by atoms with Gasteiger partial charge in [-0.1, -0.05) is 0 Å². The minimum atomic E-state index is -2.38. The SMILES string of the molecule is Cc1csc2c(C)cc(C(F)F)cc12. The Morgan fingerprint density at radius 2 is 1.86 bits per heavy atom. The number of hydrogen-bond acceptors (Lipinski definition) is 1. The first-order valence-electron chi connectivity index (χ1n) is 4.36.